The lowest BCUT2D eigenvalue weighted by molar-refractivity contribution is -0.144. The van der Waals surface area contributed by atoms with Crippen LogP contribution in [-0.2, 0) is 33.5 Å². The number of rotatable bonds is 16. The molecule has 5 atom stereocenters. The molecule has 2 aromatic rings. The number of hydrogen-bond donors (Lipinski definition) is 6. The highest BCUT2D eigenvalue weighted by Crippen LogP contribution is 2.31. The number of carbonyl (C=O) groups is 8. The zero-order valence-corrected chi connectivity index (χ0v) is 33.5. The van der Waals surface area contributed by atoms with Crippen molar-refractivity contribution in [3.05, 3.63) is 70.3 Å². The van der Waals surface area contributed by atoms with Crippen LogP contribution >= 0.6 is 0 Å². The van der Waals surface area contributed by atoms with Gasteiger partial charge in [0.05, 0.1) is 29.9 Å². The molecule has 1 aliphatic rings. The molecule has 322 valence electrons. The van der Waals surface area contributed by atoms with E-state index in [9.17, 15) is 61.0 Å². The minimum Gasteiger partial charge on any atom is -0.478 e. The summed E-state index contributed by atoms with van der Waals surface area (Å²) >= 11 is 0. The van der Waals surface area contributed by atoms with Crippen molar-refractivity contribution in [1.29, 1.82) is 0 Å². The lowest BCUT2D eigenvalue weighted by Gasteiger charge is -2.35. The predicted molar refractivity (Wildman–Crippen MR) is 200 cm³/mol. The molecular formula is C39H48F4N6O10. The number of nitrogens with two attached hydrogens (primary N) is 1. The van der Waals surface area contributed by atoms with Gasteiger partial charge in [-0.15, -0.1) is 0 Å². The zero-order valence-electron chi connectivity index (χ0n) is 33.5. The first kappa shape index (κ1) is 47.5. The maximum Gasteiger partial charge on any atom is 0.339 e. The Hall–Kier alpha value is -5.92. The van der Waals surface area contributed by atoms with Crippen LogP contribution in [0.1, 0.15) is 100 Å². The average molecular weight is 837 g/mol. The van der Waals surface area contributed by atoms with Crippen LogP contribution in [0.3, 0.4) is 0 Å². The molecular weight excluding hydrogens is 788 g/mol. The Morgan fingerprint density at radius 3 is 1.95 bits per heavy atom. The fourth-order valence-corrected chi connectivity index (χ4v) is 6.35. The molecule has 1 heterocycles. The molecule has 0 spiro atoms. The standard InChI is InChI=1S/C39H48F4N6O10/c1-8-12-20(30(51)35(55)45-16-22(50)47-29(32(44)52)18-13-10-9-11-14-18)46-33(53)21-15-19(59-39(5,6)7)17-49(21)36(56)31(38(2,3)4)48-34(54)23-24(37(57)58)26(41)28(43)27(42)25(23)40/h9-11,13-14,19-21,29,31H,8,12,15-17H2,1-7H3,(H2,44,52)(H,45,55)(H,46,53)(H,47,50)(H,48,54)(H,57,58). The summed E-state index contributed by atoms with van der Waals surface area (Å²) in [6, 6.07) is 2.09. The summed E-state index contributed by atoms with van der Waals surface area (Å²) in [6.45, 7) is 9.99. The topological polar surface area (TPSA) is 243 Å². The van der Waals surface area contributed by atoms with Gasteiger partial charge in [0.1, 0.15) is 23.7 Å². The molecule has 3 rings (SSSR count). The first-order valence-corrected chi connectivity index (χ1v) is 18.4. The number of ether oxygens (including phenoxy) is 1. The molecule has 2 aromatic carbocycles. The molecule has 1 saturated heterocycles. The number of carboxylic acid groups (broad SMARTS) is 1. The zero-order chi connectivity index (χ0) is 44.7. The first-order valence-electron chi connectivity index (χ1n) is 18.4. The second kappa shape index (κ2) is 19.2. The maximum absolute atomic E-state index is 14.9. The highest BCUT2D eigenvalue weighted by molar-refractivity contribution is 6.38. The van der Waals surface area contributed by atoms with Gasteiger partial charge >= 0.3 is 5.97 Å². The summed E-state index contributed by atoms with van der Waals surface area (Å²) < 4.78 is 63.7. The Balaban J connectivity index is 1.88. The van der Waals surface area contributed by atoms with Crippen LogP contribution in [0.4, 0.5) is 17.6 Å². The van der Waals surface area contributed by atoms with Gasteiger partial charge < -0.3 is 41.7 Å². The Kier molecular flexibility index (Phi) is 15.5. The normalized spacial score (nSPS) is 17.0. The third-order valence-electron chi connectivity index (χ3n) is 9.03. The van der Waals surface area contributed by atoms with E-state index in [2.05, 4.69) is 21.3 Å². The van der Waals surface area contributed by atoms with Gasteiger partial charge in [0.15, 0.2) is 23.3 Å². The Morgan fingerprint density at radius 2 is 1.44 bits per heavy atom. The number of amides is 6. The molecule has 0 radical (unpaired) electrons. The summed E-state index contributed by atoms with van der Waals surface area (Å²) in [5, 5.41) is 18.6. The molecule has 0 bridgehead atoms. The molecule has 6 amide bonds. The molecule has 0 aliphatic carbocycles. The van der Waals surface area contributed by atoms with Gasteiger partial charge in [-0.3, -0.25) is 33.6 Å². The van der Waals surface area contributed by atoms with Crippen molar-refractivity contribution in [2.45, 2.75) is 104 Å². The van der Waals surface area contributed by atoms with Crippen LogP contribution in [0.5, 0.6) is 0 Å². The van der Waals surface area contributed by atoms with Crippen LogP contribution in [0.25, 0.3) is 0 Å². The minimum absolute atomic E-state index is 0.0759. The van der Waals surface area contributed by atoms with Gasteiger partial charge in [-0.2, -0.15) is 0 Å². The van der Waals surface area contributed by atoms with Gasteiger partial charge in [-0.05, 0) is 38.2 Å². The van der Waals surface area contributed by atoms with E-state index >= 15 is 0 Å². The number of nitrogens with zero attached hydrogens (tertiary/aromatic N) is 1. The smallest absolute Gasteiger partial charge is 0.339 e. The SMILES string of the molecule is CCCC(NC(=O)C1CC(OC(C)(C)C)CN1C(=O)C(NC(=O)c1c(F)c(F)c(F)c(F)c1C(=O)O)C(C)(C)C)C(=O)C(=O)NCC(=O)NC(C(N)=O)c1ccccc1. The number of ketones is 1. The molecule has 5 unspecified atom stereocenters. The second-order valence-electron chi connectivity index (χ2n) is 15.9. The highest BCUT2D eigenvalue weighted by Gasteiger charge is 2.47. The van der Waals surface area contributed by atoms with Gasteiger partial charge in [-0.1, -0.05) is 64.4 Å². The molecule has 7 N–H and O–H groups in total. The van der Waals surface area contributed by atoms with Crippen LogP contribution < -0.4 is 27.0 Å². The number of benzene rings is 2. The van der Waals surface area contributed by atoms with E-state index in [1.807, 2.05) is 0 Å². The first-order chi connectivity index (χ1) is 27.3. The fraction of sp³-hybridized carbons (Fsp3) is 0.487. The van der Waals surface area contributed by atoms with Crippen molar-refractivity contribution in [3.8, 4) is 0 Å². The average Bonchev–Trinajstić information content (AvgIpc) is 3.56. The van der Waals surface area contributed by atoms with E-state index in [-0.39, 0.29) is 25.8 Å². The van der Waals surface area contributed by atoms with Crippen LogP contribution in [0, 0.1) is 28.7 Å². The number of halogens is 4. The van der Waals surface area contributed by atoms with Gasteiger partial charge in [0, 0.05) is 13.0 Å². The summed E-state index contributed by atoms with van der Waals surface area (Å²) in [4.78, 5) is 105. The van der Waals surface area contributed by atoms with E-state index in [0.29, 0.717) is 5.56 Å². The van der Waals surface area contributed by atoms with Gasteiger partial charge in [0.2, 0.25) is 29.4 Å². The van der Waals surface area contributed by atoms with Crippen molar-refractivity contribution in [3.63, 3.8) is 0 Å². The Morgan fingerprint density at radius 1 is 0.864 bits per heavy atom. The number of Topliss-reactive ketones (excluding diaryl/α,β-unsaturated/α-hetero) is 1. The monoisotopic (exact) mass is 836 g/mol. The predicted octanol–water partition coefficient (Wildman–Crippen LogP) is 2.18. The molecule has 1 fully saturated rings. The largest absolute Gasteiger partial charge is 0.478 e. The fourth-order valence-electron chi connectivity index (χ4n) is 6.35. The summed E-state index contributed by atoms with van der Waals surface area (Å²) in [6.07, 6.45) is -0.812. The van der Waals surface area contributed by atoms with Crippen LogP contribution in [0.2, 0.25) is 0 Å². The number of likely N-dealkylation sites (tertiary alicyclic amines) is 1. The Labute approximate surface area is 336 Å². The third-order valence-corrected chi connectivity index (χ3v) is 9.03. The van der Waals surface area contributed by atoms with E-state index in [0.717, 1.165) is 4.90 Å². The summed E-state index contributed by atoms with van der Waals surface area (Å²) in [7, 11) is 0. The molecule has 59 heavy (non-hydrogen) atoms. The van der Waals surface area contributed by atoms with Crippen molar-refractivity contribution in [1.82, 2.24) is 26.2 Å². The van der Waals surface area contributed by atoms with Crippen molar-refractivity contribution in [2.24, 2.45) is 11.1 Å². The van der Waals surface area contributed by atoms with E-state index in [1.54, 1.807) is 58.0 Å². The van der Waals surface area contributed by atoms with Crippen molar-refractivity contribution >= 4 is 47.2 Å². The number of aromatic carboxylic acids is 1. The number of carboxylic acids is 1. The van der Waals surface area contributed by atoms with Gasteiger partial charge in [0.25, 0.3) is 11.8 Å². The highest BCUT2D eigenvalue weighted by atomic mass is 19.2. The Bertz CT molecular complexity index is 1990. The quantitative estimate of drug-likeness (QED) is 0.0623. The molecule has 0 aromatic heterocycles. The summed E-state index contributed by atoms with van der Waals surface area (Å²) in [5.41, 5.74) is 0.110. The number of hydrogen-bond acceptors (Lipinski definition) is 9. The minimum atomic E-state index is -2.48. The van der Waals surface area contributed by atoms with E-state index in [4.69, 9.17) is 10.5 Å². The number of nitrogens with one attached hydrogen (secondary N) is 4. The second-order valence-corrected chi connectivity index (χ2v) is 15.9. The summed E-state index contributed by atoms with van der Waals surface area (Å²) in [5.74, 6) is -19.8. The van der Waals surface area contributed by atoms with E-state index < -0.39 is 129 Å². The van der Waals surface area contributed by atoms with E-state index in [1.165, 1.54) is 20.8 Å². The van der Waals surface area contributed by atoms with Crippen molar-refractivity contribution in [2.75, 3.05) is 13.1 Å². The molecule has 0 saturated carbocycles. The van der Waals surface area contributed by atoms with Crippen LogP contribution in [0.15, 0.2) is 30.3 Å². The van der Waals surface area contributed by atoms with Crippen molar-refractivity contribution < 1.29 is 65.8 Å². The number of primary amides is 1. The lowest BCUT2D eigenvalue weighted by atomic mass is 9.85. The van der Waals surface area contributed by atoms with Gasteiger partial charge in [-0.25, -0.2) is 22.4 Å². The number of carbonyl (C=O) groups excluding carboxylic acids is 7. The molecule has 16 nitrogen and oxygen atoms in total. The third kappa shape index (κ3) is 11.8. The van der Waals surface area contributed by atoms with Crippen LogP contribution in [-0.4, -0.2) is 100 Å². The lowest BCUT2D eigenvalue weighted by Crippen LogP contribution is -2.59. The maximum atomic E-state index is 14.9. The molecule has 1 aliphatic heterocycles. The molecule has 20 heteroatoms.